The molecule has 0 fully saturated rings. The highest BCUT2D eigenvalue weighted by molar-refractivity contribution is 6.09. The second-order valence-electron chi connectivity index (χ2n) is 6.48. The van der Waals surface area contributed by atoms with Crippen molar-refractivity contribution in [3.63, 3.8) is 0 Å². The van der Waals surface area contributed by atoms with Gasteiger partial charge >= 0.3 is 0 Å². The Morgan fingerprint density at radius 3 is 2.52 bits per heavy atom. The molecule has 0 amide bonds. The zero-order valence-corrected chi connectivity index (χ0v) is 14.4. The molecule has 0 saturated heterocycles. The summed E-state index contributed by atoms with van der Waals surface area (Å²) in [7, 11) is 1.96. The summed E-state index contributed by atoms with van der Waals surface area (Å²) in [6.07, 6.45) is 2.05. The normalized spacial score (nSPS) is 11.6. The standard InChI is InChI=1S/C20H17F2N2O/c1-10-5-6-13-18-14(21)8-16(22)23-20(18)25-19(13)17(10)15-7-11(2)12(3)9-24(15)4/h5-9H,1-4H3/q+1. The number of furan rings is 1. The monoisotopic (exact) mass is 339 g/mol. The van der Waals surface area contributed by atoms with Crippen molar-refractivity contribution >= 4 is 22.1 Å². The largest absolute Gasteiger partial charge is 0.437 e. The summed E-state index contributed by atoms with van der Waals surface area (Å²) in [4.78, 5) is 3.71. The van der Waals surface area contributed by atoms with E-state index in [1.807, 2.05) is 37.7 Å². The fourth-order valence-electron chi connectivity index (χ4n) is 3.31. The number of pyridine rings is 2. The molecule has 0 bridgehead atoms. The van der Waals surface area contributed by atoms with Crippen LogP contribution in [0.1, 0.15) is 16.7 Å². The Kier molecular flexibility index (Phi) is 3.35. The van der Waals surface area contributed by atoms with Crippen LogP contribution in [0.3, 0.4) is 0 Å². The molecule has 3 nitrogen and oxygen atoms in total. The van der Waals surface area contributed by atoms with Crippen LogP contribution >= 0.6 is 0 Å². The Morgan fingerprint density at radius 2 is 1.76 bits per heavy atom. The molecule has 4 aromatic rings. The summed E-state index contributed by atoms with van der Waals surface area (Å²) >= 11 is 0. The van der Waals surface area contributed by atoms with Gasteiger partial charge in [-0.3, -0.25) is 0 Å². The lowest BCUT2D eigenvalue weighted by Gasteiger charge is -2.07. The number of hydrogen-bond acceptors (Lipinski definition) is 2. The van der Waals surface area contributed by atoms with Crippen LogP contribution in [0.2, 0.25) is 0 Å². The maximum Gasteiger partial charge on any atom is 0.232 e. The van der Waals surface area contributed by atoms with Gasteiger partial charge in [-0.1, -0.05) is 12.1 Å². The van der Waals surface area contributed by atoms with Crippen LogP contribution < -0.4 is 4.57 Å². The Balaban J connectivity index is 2.16. The van der Waals surface area contributed by atoms with Gasteiger partial charge in [0.15, 0.2) is 11.8 Å². The lowest BCUT2D eigenvalue weighted by molar-refractivity contribution is -0.660. The molecular weight excluding hydrogens is 322 g/mol. The van der Waals surface area contributed by atoms with E-state index in [-0.39, 0.29) is 11.1 Å². The highest BCUT2D eigenvalue weighted by Crippen LogP contribution is 2.37. The fraction of sp³-hybridized carbons (Fsp3) is 0.200. The Bertz CT molecular complexity index is 1160. The van der Waals surface area contributed by atoms with Crippen molar-refractivity contribution in [3.05, 3.63) is 58.9 Å². The number of aromatic nitrogens is 2. The van der Waals surface area contributed by atoms with Gasteiger partial charge in [-0.25, -0.2) is 8.96 Å². The highest BCUT2D eigenvalue weighted by Gasteiger charge is 2.23. The summed E-state index contributed by atoms with van der Waals surface area (Å²) in [6, 6.07) is 6.58. The number of benzene rings is 1. The summed E-state index contributed by atoms with van der Waals surface area (Å²) in [6.45, 7) is 6.07. The first-order valence-corrected chi connectivity index (χ1v) is 8.02. The molecule has 4 rings (SSSR count). The molecule has 0 N–H and O–H groups in total. The fourth-order valence-corrected chi connectivity index (χ4v) is 3.31. The van der Waals surface area contributed by atoms with Gasteiger partial charge in [0.2, 0.25) is 17.4 Å². The Morgan fingerprint density at radius 1 is 1.00 bits per heavy atom. The zero-order valence-electron chi connectivity index (χ0n) is 14.4. The summed E-state index contributed by atoms with van der Waals surface area (Å²) < 4.78 is 35.6. The predicted molar refractivity (Wildman–Crippen MR) is 92.3 cm³/mol. The molecule has 3 heterocycles. The van der Waals surface area contributed by atoms with Crippen LogP contribution in [0, 0.1) is 32.5 Å². The summed E-state index contributed by atoms with van der Waals surface area (Å²) in [5.41, 5.74) is 5.63. The molecule has 25 heavy (non-hydrogen) atoms. The van der Waals surface area contributed by atoms with E-state index >= 15 is 0 Å². The molecule has 3 aromatic heterocycles. The summed E-state index contributed by atoms with van der Waals surface area (Å²) in [5, 5.41) is 0.808. The lowest BCUT2D eigenvalue weighted by Crippen LogP contribution is -2.31. The number of halogens is 2. The van der Waals surface area contributed by atoms with Crippen LogP contribution in [0.5, 0.6) is 0 Å². The van der Waals surface area contributed by atoms with Crippen molar-refractivity contribution in [3.8, 4) is 11.3 Å². The van der Waals surface area contributed by atoms with Crippen molar-refractivity contribution in [2.75, 3.05) is 0 Å². The van der Waals surface area contributed by atoms with E-state index < -0.39 is 11.8 Å². The molecule has 1 aromatic carbocycles. The minimum Gasteiger partial charge on any atom is -0.437 e. The molecule has 0 aliphatic rings. The van der Waals surface area contributed by atoms with Crippen molar-refractivity contribution in [2.45, 2.75) is 20.8 Å². The molecule has 0 atom stereocenters. The topological polar surface area (TPSA) is 29.9 Å². The molecule has 0 radical (unpaired) electrons. The molecule has 0 aliphatic heterocycles. The van der Waals surface area contributed by atoms with Gasteiger partial charge in [-0.05, 0) is 31.9 Å². The molecule has 0 unspecified atom stereocenters. The van der Waals surface area contributed by atoms with Gasteiger partial charge in [0.1, 0.15) is 12.9 Å². The van der Waals surface area contributed by atoms with Crippen LogP contribution in [-0.4, -0.2) is 4.98 Å². The van der Waals surface area contributed by atoms with Crippen LogP contribution in [0.15, 0.2) is 34.9 Å². The average molecular weight is 339 g/mol. The second-order valence-corrected chi connectivity index (χ2v) is 6.48. The van der Waals surface area contributed by atoms with Gasteiger partial charge in [-0.2, -0.15) is 9.37 Å². The van der Waals surface area contributed by atoms with E-state index in [0.717, 1.165) is 28.5 Å². The first-order valence-electron chi connectivity index (χ1n) is 8.02. The molecule has 0 aliphatic carbocycles. The maximum absolute atomic E-state index is 14.3. The third-order valence-electron chi connectivity index (χ3n) is 4.74. The van der Waals surface area contributed by atoms with Crippen LogP contribution in [0.4, 0.5) is 8.78 Å². The molecule has 0 saturated carbocycles. The molecule has 126 valence electrons. The minimum absolute atomic E-state index is 0.0224. The number of aryl methyl sites for hydroxylation is 4. The van der Waals surface area contributed by atoms with E-state index in [9.17, 15) is 8.78 Å². The minimum atomic E-state index is -0.890. The Labute approximate surface area is 143 Å². The highest BCUT2D eigenvalue weighted by atomic mass is 19.1. The van der Waals surface area contributed by atoms with E-state index in [1.165, 1.54) is 5.56 Å². The van der Waals surface area contributed by atoms with Gasteiger partial charge in [-0.15, -0.1) is 0 Å². The van der Waals surface area contributed by atoms with Gasteiger partial charge in [0.25, 0.3) is 0 Å². The van der Waals surface area contributed by atoms with Crippen molar-refractivity contribution in [1.82, 2.24) is 4.98 Å². The Hall–Kier alpha value is -2.82. The first-order chi connectivity index (χ1) is 11.9. The molecule has 5 heteroatoms. The number of fused-ring (bicyclic) bond motifs is 3. The van der Waals surface area contributed by atoms with E-state index in [2.05, 4.69) is 18.0 Å². The first kappa shape index (κ1) is 15.7. The van der Waals surface area contributed by atoms with Crippen molar-refractivity contribution in [1.29, 1.82) is 0 Å². The quantitative estimate of drug-likeness (QED) is 0.372. The van der Waals surface area contributed by atoms with E-state index in [1.54, 1.807) is 6.07 Å². The molecule has 0 spiro atoms. The third kappa shape index (κ3) is 2.30. The van der Waals surface area contributed by atoms with Gasteiger partial charge in [0, 0.05) is 23.1 Å². The van der Waals surface area contributed by atoms with Gasteiger partial charge in [0.05, 0.1) is 10.9 Å². The number of nitrogens with zero attached hydrogens (tertiary/aromatic N) is 2. The van der Waals surface area contributed by atoms with E-state index in [0.29, 0.717) is 11.0 Å². The smallest absolute Gasteiger partial charge is 0.232 e. The second kappa shape index (κ2) is 5.34. The van der Waals surface area contributed by atoms with E-state index in [4.69, 9.17) is 4.42 Å². The van der Waals surface area contributed by atoms with Crippen molar-refractivity contribution < 1.29 is 17.8 Å². The third-order valence-corrected chi connectivity index (χ3v) is 4.74. The zero-order chi connectivity index (χ0) is 17.9. The number of rotatable bonds is 1. The molecular formula is C20H17F2N2O+. The number of hydrogen-bond donors (Lipinski definition) is 0. The average Bonchev–Trinajstić information content (AvgIpc) is 2.89. The predicted octanol–water partition coefficient (Wildman–Crippen LogP) is 4.68. The maximum atomic E-state index is 14.3. The SMILES string of the molecule is Cc1cc(-c2c(C)ccc3c2oc2nc(F)cc(F)c23)[n+](C)cc1C. The summed E-state index contributed by atoms with van der Waals surface area (Å²) in [5.74, 6) is -1.56. The van der Waals surface area contributed by atoms with Crippen LogP contribution in [0.25, 0.3) is 33.3 Å². The van der Waals surface area contributed by atoms with Gasteiger partial charge < -0.3 is 4.42 Å². The lowest BCUT2D eigenvalue weighted by atomic mass is 9.99. The van der Waals surface area contributed by atoms with Crippen LogP contribution in [-0.2, 0) is 7.05 Å². The van der Waals surface area contributed by atoms with Crippen molar-refractivity contribution in [2.24, 2.45) is 7.05 Å².